The summed E-state index contributed by atoms with van der Waals surface area (Å²) in [7, 11) is 0. The van der Waals surface area contributed by atoms with Gasteiger partial charge in [-0.05, 0) is 0 Å². The van der Waals surface area contributed by atoms with Crippen LogP contribution in [0, 0.1) is 0 Å². The van der Waals surface area contributed by atoms with Crippen molar-refractivity contribution in [2.45, 2.75) is 72.6 Å². The molecule has 1 heterocycles. The van der Waals surface area contributed by atoms with Gasteiger partial charge in [0, 0.05) is 0 Å². The molecular weight excluding hydrogens is 394 g/mol. The van der Waals surface area contributed by atoms with Gasteiger partial charge >= 0.3 is 144 Å². The van der Waals surface area contributed by atoms with E-state index in [1.54, 1.807) is 0 Å². The van der Waals surface area contributed by atoms with Crippen LogP contribution in [-0.2, 0) is 0 Å². The van der Waals surface area contributed by atoms with Gasteiger partial charge in [0.25, 0.3) is 0 Å². The van der Waals surface area contributed by atoms with E-state index in [4.69, 9.17) is 0 Å². The molecule has 0 amide bonds. The molecule has 23 heavy (non-hydrogen) atoms. The zero-order valence-corrected chi connectivity index (χ0v) is 17.8. The van der Waals surface area contributed by atoms with Crippen molar-refractivity contribution >= 4 is 33.0 Å². The van der Waals surface area contributed by atoms with E-state index in [2.05, 4.69) is 31.9 Å². The van der Waals surface area contributed by atoms with E-state index in [0.29, 0.717) is 10.4 Å². The summed E-state index contributed by atoms with van der Waals surface area (Å²) < 4.78 is 19.5. The van der Waals surface area contributed by atoms with Gasteiger partial charge in [0.2, 0.25) is 0 Å². The number of fused-ring (bicyclic) bond motifs is 1. The van der Waals surface area contributed by atoms with Crippen LogP contribution in [0.15, 0.2) is 24.3 Å². The van der Waals surface area contributed by atoms with Crippen LogP contribution in [0.4, 0.5) is 4.48 Å². The summed E-state index contributed by atoms with van der Waals surface area (Å²) in [5.74, 6) is 0. The summed E-state index contributed by atoms with van der Waals surface area (Å²) in [6, 6.07) is 7.89. The molecule has 2 aromatic rings. The van der Waals surface area contributed by atoms with Crippen molar-refractivity contribution in [3.63, 3.8) is 0 Å². The van der Waals surface area contributed by atoms with Gasteiger partial charge in [-0.2, -0.15) is 0 Å². The molecule has 0 saturated carbocycles. The quantitative estimate of drug-likeness (QED) is 0.439. The third-order valence-corrected chi connectivity index (χ3v) is 20.2. The predicted octanol–water partition coefficient (Wildman–Crippen LogP) is 5.83. The topological polar surface area (TPSA) is 17.8 Å². The van der Waals surface area contributed by atoms with Gasteiger partial charge in [-0.15, -0.1) is 0 Å². The summed E-state index contributed by atoms with van der Waals surface area (Å²) in [5, 5.41) is 5.56. The number of benzene rings is 1. The molecule has 2 nitrogen and oxygen atoms in total. The minimum absolute atomic E-state index is 0.639. The fourth-order valence-corrected chi connectivity index (χ4v) is 19.8. The molecule has 0 radical (unpaired) electrons. The van der Waals surface area contributed by atoms with Crippen LogP contribution in [0.1, 0.15) is 59.3 Å². The Morgan fingerprint density at radius 3 is 1.96 bits per heavy atom. The Morgan fingerprint density at radius 1 is 0.913 bits per heavy atom. The Balaban J connectivity index is 2.51. The van der Waals surface area contributed by atoms with Gasteiger partial charge in [-0.1, -0.05) is 0 Å². The van der Waals surface area contributed by atoms with Crippen LogP contribution >= 0.6 is 0 Å². The number of hydrogen-bond acceptors (Lipinski definition) is 1. The van der Waals surface area contributed by atoms with Gasteiger partial charge in [-0.25, -0.2) is 0 Å². The average Bonchev–Trinajstić information content (AvgIpc) is 2.93. The molecule has 0 fully saturated rings. The first kappa shape index (κ1) is 18.8. The van der Waals surface area contributed by atoms with Crippen molar-refractivity contribution in [1.82, 2.24) is 10.0 Å². The Morgan fingerprint density at radius 2 is 1.43 bits per heavy atom. The van der Waals surface area contributed by atoms with Gasteiger partial charge in [0.1, 0.15) is 0 Å². The predicted molar refractivity (Wildman–Crippen MR) is 101 cm³/mol. The number of rotatable bonds is 10. The molecule has 0 atom stereocenters. The molecule has 1 aromatic heterocycles. The van der Waals surface area contributed by atoms with Crippen LogP contribution in [0.3, 0.4) is 0 Å². The Bertz CT molecular complexity index is 587. The van der Waals surface area contributed by atoms with E-state index in [1.807, 2.05) is 18.2 Å². The molecule has 0 saturated heterocycles. The molecule has 0 aliphatic carbocycles. The Hall–Kier alpha value is -0.581. The van der Waals surface area contributed by atoms with Gasteiger partial charge < -0.3 is 0 Å². The minimum atomic E-state index is -2.66. The maximum atomic E-state index is 14.3. The fraction of sp³-hybridized carbons (Fsp3) is 0.632. The van der Waals surface area contributed by atoms with Gasteiger partial charge in [-0.3, -0.25) is 0 Å². The molecular formula is C19H31FN2Sn. The number of nitrogens with zero attached hydrogens (tertiary/aromatic N) is 2. The molecule has 0 N–H and O–H groups in total. The first-order valence-electron chi connectivity index (χ1n) is 9.33. The van der Waals surface area contributed by atoms with Crippen LogP contribution in [0.25, 0.3) is 10.9 Å². The van der Waals surface area contributed by atoms with E-state index in [9.17, 15) is 4.48 Å². The summed E-state index contributed by atoms with van der Waals surface area (Å²) in [6.07, 6.45) is 7.51. The van der Waals surface area contributed by atoms with E-state index in [0.717, 1.165) is 5.39 Å². The summed E-state index contributed by atoms with van der Waals surface area (Å²) >= 11 is -2.66. The number of aromatic nitrogens is 2. The molecule has 0 aliphatic heterocycles. The standard InChI is InChI=1S/C7H4FN2.3C4H9.Sn/c8-10-7-4-2-1-3-6(7)5-9-10;3*1-3-4-2;/h1-4H;3*1,3-4H2,2H3;. The van der Waals surface area contributed by atoms with Gasteiger partial charge in [0.15, 0.2) is 0 Å². The zero-order chi connectivity index (χ0) is 16.7. The SMILES string of the molecule is CCC[CH2][Sn]([CH2]CCC)([CH2]CCC)[c]1nn(F)c2ccccc12. The zero-order valence-electron chi connectivity index (χ0n) is 14.9. The van der Waals surface area contributed by atoms with Crippen LogP contribution in [-0.4, -0.2) is 28.4 Å². The van der Waals surface area contributed by atoms with Crippen molar-refractivity contribution in [2.75, 3.05) is 0 Å². The monoisotopic (exact) mass is 426 g/mol. The van der Waals surface area contributed by atoms with Gasteiger partial charge in [0.05, 0.1) is 0 Å². The van der Waals surface area contributed by atoms with Crippen molar-refractivity contribution in [3.05, 3.63) is 24.3 Å². The van der Waals surface area contributed by atoms with E-state index < -0.39 is 18.4 Å². The third-order valence-electron chi connectivity index (χ3n) is 5.07. The normalized spacial score (nSPS) is 12.2. The number of unbranched alkanes of at least 4 members (excludes halogenated alkanes) is 3. The Labute approximate surface area is 144 Å². The maximum absolute atomic E-state index is 14.3. The van der Waals surface area contributed by atoms with Crippen molar-refractivity contribution in [2.24, 2.45) is 0 Å². The van der Waals surface area contributed by atoms with E-state index in [-0.39, 0.29) is 0 Å². The summed E-state index contributed by atoms with van der Waals surface area (Å²) in [5.41, 5.74) is 0.660. The third kappa shape index (κ3) is 4.28. The first-order chi connectivity index (χ1) is 11.2. The van der Waals surface area contributed by atoms with Crippen LogP contribution in [0.5, 0.6) is 0 Å². The van der Waals surface area contributed by atoms with Crippen molar-refractivity contribution in [3.8, 4) is 0 Å². The van der Waals surface area contributed by atoms with Crippen molar-refractivity contribution < 1.29 is 4.48 Å². The number of para-hydroxylation sites is 1. The van der Waals surface area contributed by atoms with Crippen LogP contribution in [0.2, 0.25) is 13.3 Å². The molecule has 0 unspecified atom stereocenters. The second-order valence-electron chi connectivity index (χ2n) is 6.82. The van der Waals surface area contributed by atoms with Crippen molar-refractivity contribution in [1.29, 1.82) is 0 Å². The second kappa shape index (κ2) is 9.05. The fourth-order valence-electron chi connectivity index (χ4n) is 3.70. The molecule has 0 aliphatic rings. The molecule has 4 heteroatoms. The first-order valence-corrected chi connectivity index (χ1v) is 16.8. The second-order valence-corrected chi connectivity index (χ2v) is 19.8. The van der Waals surface area contributed by atoms with E-state index >= 15 is 0 Å². The molecule has 0 bridgehead atoms. The molecule has 0 spiro atoms. The molecule has 128 valence electrons. The Kier molecular flexibility index (Phi) is 7.38. The number of hydrogen-bond donors (Lipinski definition) is 0. The number of halogens is 1. The average molecular weight is 425 g/mol. The molecule has 1 aromatic carbocycles. The summed E-state index contributed by atoms with van der Waals surface area (Å²) in [6.45, 7) is 6.80. The molecule has 2 rings (SSSR count). The van der Waals surface area contributed by atoms with Crippen LogP contribution < -0.4 is 3.71 Å². The summed E-state index contributed by atoms with van der Waals surface area (Å²) in [4.78, 5) is 0.639. The van der Waals surface area contributed by atoms with E-state index in [1.165, 1.54) is 55.5 Å².